The fourth-order valence-corrected chi connectivity index (χ4v) is 2.70. The van der Waals surface area contributed by atoms with Gasteiger partial charge in [0.05, 0.1) is 12.7 Å². The van der Waals surface area contributed by atoms with E-state index in [1.165, 1.54) is 6.07 Å². The van der Waals surface area contributed by atoms with E-state index in [4.69, 9.17) is 9.84 Å². The molecular weight excluding hydrogens is 330 g/mol. The first-order valence-corrected chi connectivity index (χ1v) is 9.69. The SMILES string of the molecule is C=CCCCCOCCCCCCNC[C@H](O)c1ccc(O)c(CO)c1. The van der Waals surface area contributed by atoms with Crippen molar-refractivity contribution in [3.05, 3.63) is 42.0 Å². The highest BCUT2D eigenvalue weighted by Crippen LogP contribution is 2.22. The van der Waals surface area contributed by atoms with E-state index >= 15 is 0 Å². The molecule has 0 amide bonds. The predicted molar refractivity (Wildman–Crippen MR) is 105 cm³/mol. The Labute approximate surface area is 157 Å². The lowest BCUT2D eigenvalue weighted by molar-refractivity contribution is 0.126. The van der Waals surface area contributed by atoms with Gasteiger partial charge in [0.2, 0.25) is 0 Å². The van der Waals surface area contributed by atoms with Crippen molar-refractivity contribution < 1.29 is 20.1 Å². The molecule has 0 unspecified atom stereocenters. The molecule has 148 valence electrons. The van der Waals surface area contributed by atoms with Crippen LogP contribution < -0.4 is 5.32 Å². The second-order valence-electron chi connectivity index (χ2n) is 6.58. The monoisotopic (exact) mass is 365 g/mol. The smallest absolute Gasteiger partial charge is 0.121 e. The Balaban J connectivity index is 1.98. The van der Waals surface area contributed by atoms with Crippen LogP contribution in [0.5, 0.6) is 5.75 Å². The highest BCUT2D eigenvalue weighted by molar-refractivity contribution is 5.36. The molecule has 26 heavy (non-hydrogen) atoms. The van der Waals surface area contributed by atoms with Gasteiger partial charge in [-0.15, -0.1) is 6.58 Å². The van der Waals surface area contributed by atoms with E-state index in [2.05, 4.69) is 11.9 Å². The van der Waals surface area contributed by atoms with Gasteiger partial charge in [0, 0.05) is 25.3 Å². The molecule has 0 bridgehead atoms. The Bertz CT molecular complexity index is 493. The molecule has 4 N–H and O–H groups in total. The molecule has 0 spiro atoms. The zero-order valence-corrected chi connectivity index (χ0v) is 15.8. The van der Waals surface area contributed by atoms with Gasteiger partial charge in [-0.25, -0.2) is 0 Å². The molecule has 0 saturated carbocycles. The minimum atomic E-state index is -0.643. The number of aliphatic hydroxyl groups is 2. The summed E-state index contributed by atoms with van der Waals surface area (Å²) in [6.45, 7) is 6.49. The standard InChI is InChI=1S/C21H35NO4/c1-2-3-4-8-13-26-14-9-6-5-7-12-22-16-21(25)18-10-11-20(24)19(15-18)17-23/h2,10-11,15,21-25H,1,3-9,12-14,16-17H2/t21-/m0/s1. The van der Waals surface area contributed by atoms with Gasteiger partial charge in [0.25, 0.3) is 0 Å². The van der Waals surface area contributed by atoms with Crippen molar-refractivity contribution in [2.24, 2.45) is 0 Å². The Morgan fingerprint density at radius 2 is 1.81 bits per heavy atom. The van der Waals surface area contributed by atoms with Gasteiger partial charge in [0.1, 0.15) is 5.75 Å². The molecule has 5 nitrogen and oxygen atoms in total. The summed E-state index contributed by atoms with van der Waals surface area (Å²) in [6, 6.07) is 4.82. The summed E-state index contributed by atoms with van der Waals surface area (Å²) in [5.74, 6) is 0.0529. The largest absolute Gasteiger partial charge is 0.508 e. The van der Waals surface area contributed by atoms with Gasteiger partial charge in [0.15, 0.2) is 0 Å². The maximum atomic E-state index is 10.2. The van der Waals surface area contributed by atoms with E-state index in [0.717, 1.165) is 64.7 Å². The maximum Gasteiger partial charge on any atom is 0.121 e. The Hall–Kier alpha value is -1.40. The van der Waals surface area contributed by atoms with Crippen molar-refractivity contribution in [3.8, 4) is 5.75 Å². The fourth-order valence-electron chi connectivity index (χ4n) is 2.70. The summed E-state index contributed by atoms with van der Waals surface area (Å²) in [5, 5.41) is 32.1. The normalized spacial score (nSPS) is 12.2. The van der Waals surface area contributed by atoms with Crippen molar-refractivity contribution in [2.45, 2.75) is 57.7 Å². The number of benzene rings is 1. The van der Waals surface area contributed by atoms with Crippen LogP contribution in [-0.2, 0) is 11.3 Å². The topological polar surface area (TPSA) is 82.0 Å². The van der Waals surface area contributed by atoms with Crippen LogP contribution in [0.1, 0.15) is 62.2 Å². The van der Waals surface area contributed by atoms with E-state index in [1.54, 1.807) is 12.1 Å². The number of hydrogen-bond acceptors (Lipinski definition) is 5. The second-order valence-corrected chi connectivity index (χ2v) is 6.58. The minimum Gasteiger partial charge on any atom is -0.508 e. The van der Waals surface area contributed by atoms with E-state index in [0.29, 0.717) is 17.7 Å². The van der Waals surface area contributed by atoms with E-state index < -0.39 is 6.10 Å². The molecule has 0 fully saturated rings. The molecule has 0 heterocycles. The molecule has 1 atom stereocenters. The zero-order chi connectivity index (χ0) is 19.0. The number of ether oxygens (including phenoxy) is 1. The van der Waals surface area contributed by atoms with Crippen LogP contribution in [-0.4, -0.2) is 41.6 Å². The molecule has 0 radical (unpaired) electrons. The van der Waals surface area contributed by atoms with Gasteiger partial charge in [-0.2, -0.15) is 0 Å². The van der Waals surface area contributed by atoms with Gasteiger partial charge >= 0.3 is 0 Å². The quantitative estimate of drug-likeness (QED) is 0.266. The van der Waals surface area contributed by atoms with Crippen molar-refractivity contribution in [2.75, 3.05) is 26.3 Å². The van der Waals surface area contributed by atoms with Crippen LogP contribution in [0.4, 0.5) is 0 Å². The molecule has 0 aliphatic heterocycles. The Morgan fingerprint density at radius 3 is 2.54 bits per heavy atom. The van der Waals surface area contributed by atoms with Crippen molar-refractivity contribution in [3.63, 3.8) is 0 Å². The summed E-state index contributed by atoms with van der Waals surface area (Å²) in [5.41, 5.74) is 1.13. The molecule has 0 saturated heterocycles. The van der Waals surface area contributed by atoms with Crippen LogP contribution in [0.15, 0.2) is 30.9 Å². The van der Waals surface area contributed by atoms with Crippen molar-refractivity contribution >= 4 is 0 Å². The number of allylic oxidation sites excluding steroid dienone is 1. The lowest BCUT2D eigenvalue weighted by Crippen LogP contribution is -2.22. The second kappa shape index (κ2) is 14.7. The lowest BCUT2D eigenvalue weighted by atomic mass is 10.1. The van der Waals surface area contributed by atoms with Crippen LogP contribution in [0.25, 0.3) is 0 Å². The highest BCUT2D eigenvalue weighted by Gasteiger charge is 2.09. The summed E-state index contributed by atoms with van der Waals surface area (Å²) < 4.78 is 5.60. The summed E-state index contributed by atoms with van der Waals surface area (Å²) in [6.07, 6.45) is 9.13. The number of hydrogen-bond donors (Lipinski definition) is 4. The van der Waals surface area contributed by atoms with Gasteiger partial charge < -0.3 is 25.4 Å². The molecule has 5 heteroatoms. The van der Waals surface area contributed by atoms with Crippen LogP contribution in [0.2, 0.25) is 0 Å². The number of nitrogens with one attached hydrogen (secondary N) is 1. The number of aromatic hydroxyl groups is 1. The summed E-state index contributed by atoms with van der Waals surface area (Å²) >= 11 is 0. The first kappa shape index (κ1) is 22.6. The molecule has 1 rings (SSSR count). The highest BCUT2D eigenvalue weighted by atomic mass is 16.5. The molecule has 1 aromatic carbocycles. The number of phenols is 1. The number of aliphatic hydroxyl groups excluding tert-OH is 2. The minimum absolute atomic E-state index is 0.0529. The lowest BCUT2D eigenvalue weighted by Gasteiger charge is -2.14. The van der Waals surface area contributed by atoms with E-state index in [9.17, 15) is 10.2 Å². The van der Waals surface area contributed by atoms with Crippen molar-refractivity contribution in [1.82, 2.24) is 5.32 Å². The molecule has 0 aromatic heterocycles. The van der Waals surface area contributed by atoms with Crippen LogP contribution >= 0.6 is 0 Å². The average molecular weight is 366 g/mol. The number of unbranched alkanes of at least 4 members (excludes halogenated alkanes) is 5. The van der Waals surface area contributed by atoms with Gasteiger partial charge in [-0.05, 0) is 56.3 Å². The molecule has 0 aliphatic rings. The first-order chi connectivity index (χ1) is 12.7. The Morgan fingerprint density at radius 1 is 1.08 bits per heavy atom. The third-order valence-electron chi connectivity index (χ3n) is 4.34. The molecular formula is C21H35NO4. The summed E-state index contributed by atoms with van der Waals surface area (Å²) in [7, 11) is 0. The average Bonchev–Trinajstić information content (AvgIpc) is 2.65. The Kier molecular flexibility index (Phi) is 12.8. The molecule has 0 aliphatic carbocycles. The van der Waals surface area contributed by atoms with Gasteiger partial charge in [-0.3, -0.25) is 0 Å². The third-order valence-corrected chi connectivity index (χ3v) is 4.34. The zero-order valence-electron chi connectivity index (χ0n) is 15.8. The first-order valence-electron chi connectivity index (χ1n) is 9.69. The predicted octanol–water partition coefficient (Wildman–Crippen LogP) is 3.44. The van der Waals surface area contributed by atoms with Gasteiger partial charge in [-0.1, -0.05) is 25.0 Å². The van der Waals surface area contributed by atoms with Crippen molar-refractivity contribution in [1.29, 1.82) is 0 Å². The molecule has 1 aromatic rings. The van der Waals surface area contributed by atoms with E-state index in [-0.39, 0.29) is 12.4 Å². The fraction of sp³-hybridized carbons (Fsp3) is 0.619. The van der Waals surface area contributed by atoms with Crippen LogP contribution in [0, 0.1) is 0 Å². The van der Waals surface area contributed by atoms with Crippen LogP contribution in [0.3, 0.4) is 0 Å². The maximum absolute atomic E-state index is 10.2. The number of rotatable bonds is 16. The summed E-state index contributed by atoms with van der Waals surface area (Å²) in [4.78, 5) is 0. The third kappa shape index (κ3) is 9.92. The van der Waals surface area contributed by atoms with E-state index in [1.807, 2.05) is 6.08 Å².